The van der Waals surface area contributed by atoms with Crippen molar-refractivity contribution in [1.82, 2.24) is 6.15 Å². The van der Waals surface area contributed by atoms with Gasteiger partial charge in [-0.2, -0.15) is 8.42 Å². The highest BCUT2D eigenvalue weighted by Gasteiger charge is 2.23. The van der Waals surface area contributed by atoms with Crippen LogP contribution >= 0.6 is 0 Å². The molecule has 0 aliphatic heterocycles. The van der Waals surface area contributed by atoms with E-state index in [0.29, 0.717) is 6.07 Å². The summed E-state index contributed by atoms with van der Waals surface area (Å²) in [7, 11) is -4.60. The largest absolute Gasteiger partial charge is 1.00 e. The van der Waals surface area contributed by atoms with Gasteiger partial charge >= 0.3 is 5.97 Å². The van der Waals surface area contributed by atoms with E-state index in [1.165, 1.54) is 0 Å². The molecule has 0 aliphatic rings. The molecule has 0 unspecified atom stereocenters. The number of quaternary nitrogens is 1. The van der Waals surface area contributed by atoms with Crippen molar-refractivity contribution in [2.24, 2.45) is 0 Å². The summed E-state index contributed by atoms with van der Waals surface area (Å²) in [6, 6.07) is 1.99. The standard InChI is InChI=1S/C7H5NO7S.ClH.H3N/c9-7(10)5-2-1-4(16(13,14)15)3-6(5)8(11)12;;/h1-3H,(H,9,10)(H,13,14,15);1H;1H3. The number of nitro benzene ring substituents is 1. The Hall–Kier alpha value is -1.75. The number of carboxylic acids is 1. The van der Waals surface area contributed by atoms with Gasteiger partial charge in [-0.1, -0.05) is 0 Å². The maximum atomic E-state index is 10.7. The van der Waals surface area contributed by atoms with E-state index in [-0.39, 0.29) is 18.6 Å². The van der Waals surface area contributed by atoms with Crippen molar-refractivity contribution in [3.05, 3.63) is 33.9 Å². The smallest absolute Gasteiger partial charge is 0.342 e. The van der Waals surface area contributed by atoms with Crippen LogP contribution in [0.2, 0.25) is 0 Å². The van der Waals surface area contributed by atoms with E-state index in [9.17, 15) is 23.3 Å². The number of carboxylic acid groups (broad SMARTS) is 1. The fraction of sp³-hybridized carbons (Fsp3) is 0. The van der Waals surface area contributed by atoms with Crippen LogP contribution in [0.25, 0.3) is 0 Å². The first kappa shape index (κ1) is 18.6. The van der Waals surface area contributed by atoms with Crippen LogP contribution in [0.1, 0.15) is 10.4 Å². The SMILES string of the molecule is O=C(O)c1ccc(S(=O)(=O)O)cc1[N+](=O)[O-].[Cl-].[NH4+]. The lowest BCUT2D eigenvalue weighted by Crippen LogP contribution is -3.00. The second kappa shape index (κ2) is 6.26. The van der Waals surface area contributed by atoms with Gasteiger partial charge in [0.1, 0.15) is 10.5 Å². The minimum Gasteiger partial charge on any atom is -1.00 e. The van der Waals surface area contributed by atoms with Crippen molar-refractivity contribution in [2.45, 2.75) is 4.90 Å². The Bertz CT molecular complexity index is 571. The minimum atomic E-state index is -4.60. The highest BCUT2D eigenvalue weighted by molar-refractivity contribution is 7.85. The van der Waals surface area contributed by atoms with Crippen LogP contribution in [-0.2, 0) is 10.1 Å². The van der Waals surface area contributed by atoms with E-state index >= 15 is 0 Å². The van der Waals surface area contributed by atoms with Gasteiger partial charge in [-0.3, -0.25) is 14.7 Å². The van der Waals surface area contributed by atoms with Gasteiger partial charge in [-0.15, -0.1) is 0 Å². The van der Waals surface area contributed by atoms with E-state index in [2.05, 4.69) is 0 Å². The molecule has 9 nitrogen and oxygen atoms in total. The van der Waals surface area contributed by atoms with Crippen LogP contribution in [-0.4, -0.2) is 29.0 Å². The molecule has 1 aromatic rings. The maximum Gasteiger partial charge on any atom is 0.342 e. The quantitative estimate of drug-likeness (QED) is 0.326. The van der Waals surface area contributed by atoms with Crippen molar-refractivity contribution in [3.63, 3.8) is 0 Å². The van der Waals surface area contributed by atoms with Gasteiger partial charge in [0.2, 0.25) is 0 Å². The molecule has 11 heteroatoms. The lowest BCUT2D eigenvalue weighted by atomic mass is 10.2. The summed E-state index contributed by atoms with van der Waals surface area (Å²) in [6.45, 7) is 0. The van der Waals surface area contributed by atoms with Gasteiger partial charge in [0.15, 0.2) is 0 Å². The summed E-state index contributed by atoms with van der Waals surface area (Å²) in [6.07, 6.45) is 0. The zero-order valence-corrected chi connectivity index (χ0v) is 10.5. The van der Waals surface area contributed by atoms with E-state index in [4.69, 9.17) is 9.66 Å². The number of carbonyl (C=O) groups is 1. The van der Waals surface area contributed by atoms with Crippen LogP contribution < -0.4 is 18.6 Å². The van der Waals surface area contributed by atoms with E-state index in [1.54, 1.807) is 0 Å². The van der Waals surface area contributed by atoms with E-state index in [0.717, 1.165) is 12.1 Å². The molecule has 0 aliphatic carbocycles. The third-order valence-electron chi connectivity index (χ3n) is 1.69. The Morgan fingerprint density at radius 3 is 2.17 bits per heavy atom. The highest BCUT2D eigenvalue weighted by Crippen LogP contribution is 2.22. The Balaban J connectivity index is 0. The Morgan fingerprint density at radius 1 is 1.33 bits per heavy atom. The van der Waals surface area contributed by atoms with Crippen LogP contribution in [0, 0.1) is 10.1 Å². The van der Waals surface area contributed by atoms with Crippen LogP contribution in [0.5, 0.6) is 0 Å². The van der Waals surface area contributed by atoms with Crippen molar-refractivity contribution >= 4 is 21.8 Å². The Labute approximate surface area is 107 Å². The Kier molecular flexibility index (Phi) is 6.47. The number of halogens is 1. The first-order valence-corrected chi connectivity index (χ1v) is 5.16. The number of rotatable bonds is 3. The molecule has 1 aromatic carbocycles. The maximum absolute atomic E-state index is 10.7. The molecule has 0 saturated carbocycles. The number of nitrogens with zero attached hydrogens (tertiary/aromatic N) is 1. The Morgan fingerprint density at radius 2 is 1.83 bits per heavy atom. The summed E-state index contributed by atoms with van der Waals surface area (Å²) < 4.78 is 30.0. The number of hydrogen-bond donors (Lipinski definition) is 3. The first-order chi connectivity index (χ1) is 7.23. The van der Waals surface area contributed by atoms with Crippen LogP contribution in [0.4, 0.5) is 5.69 Å². The monoisotopic (exact) mass is 300 g/mol. The lowest BCUT2D eigenvalue weighted by molar-refractivity contribution is -0.385. The summed E-state index contributed by atoms with van der Waals surface area (Å²) in [5.74, 6) is -1.56. The fourth-order valence-electron chi connectivity index (χ4n) is 1.00. The minimum absolute atomic E-state index is 0. The normalized spacial score (nSPS) is 9.83. The molecule has 0 aromatic heterocycles. The second-order valence-corrected chi connectivity index (χ2v) is 4.14. The zero-order chi connectivity index (χ0) is 12.5. The highest BCUT2D eigenvalue weighted by atomic mass is 35.5. The molecule has 0 atom stereocenters. The van der Waals surface area contributed by atoms with E-state index in [1.807, 2.05) is 0 Å². The van der Waals surface area contributed by atoms with Gasteiger partial charge in [-0.05, 0) is 12.1 Å². The summed E-state index contributed by atoms with van der Waals surface area (Å²) in [5, 5.41) is 19.1. The molecular weight excluding hydrogens is 292 g/mol. The predicted molar refractivity (Wildman–Crippen MR) is 55.9 cm³/mol. The van der Waals surface area contributed by atoms with Gasteiger partial charge in [0.25, 0.3) is 15.8 Å². The molecule has 18 heavy (non-hydrogen) atoms. The number of nitro groups is 1. The molecule has 0 fully saturated rings. The van der Waals surface area contributed by atoms with E-state index < -0.39 is 37.2 Å². The van der Waals surface area contributed by atoms with Crippen molar-refractivity contribution in [2.75, 3.05) is 0 Å². The van der Waals surface area contributed by atoms with Gasteiger partial charge < -0.3 is 23.7 Å². The molecule has 0 radical (unpaired) electrons. The third-order valence-corrected chi connectivity index (χ3v) is 2.54. The average Bonchev–Trinajstić information content (AvgIpc) is 2.15. The third kappa shape index (κ3) is 3.92. The molecule has 0 heterocycles. The van der Waals surface area contributed by atoms with Crippen molar-refractivity contribution in [3.8, 4) is 0 Å². The number of hydrogen-bond acceptors (Lipinski definition) is 5. The molecule has 0 bridgehead atoms. The average molecular weight is 301 g/mol. The fourth-order valence-corrected chi connectivity index (χ4v) is 1.50. The first-order valence-electron chi connectivity index (χ1n) is 3.72. The molecule has 6 N–H and O–H groups in total. The molecular formula is C7H9ClN2O7S. The summed E-state index contributed by atoms with van der Waals surface area (Å²) in [5.41, 5.74) is -1.56. The van der Waals surface area contributed by atoms with Crippen LogP contribution in [0.15, 0.2) is 23.1 Å². The summed E-state index contributed by atoms with van der Waals surface area (Å²) in [4.78, 5) is 19.3. The molecule has 0 spiro atoms. The summed E-state index contributed by atoms with van der Waals surface area (Å²) >= 11 is 0. The predicted octanol–water partition coefficient (Wildman–Crippen LogP) is -2.08. The van der Waals surface area contributed by atoms with Crippen LogP contribution in [0.3, 0.4) is 0 Å². The second-order valence-electron chi connectivity index (χ2n) is 2.72. The lowest BCUT2D eigenvalue weighted by Gasteiger charge is -2.00. The van der Waals surface area contributed by atoms with Gasteiger partial charge in [0.05, 0.1) is 4.92 Å². The molecule has 1 rings (SSSR count). The number of benzene rings is 1. The van der Waals surface area contributed by atoms with Crippen molar-refractivity contribution < 1.29 is 40.2 Å². The zero-order valence-electron chi connectivity index (χ0n) is 8.90. The molecule has 102 valence electrons. The molecule has 0 amide bonds. The number of aromatic carboxylic acids is 1. The molecule has 0 saturated heterocycles. The topological polar surface area (TPSA) is 171 Å². The van der Waals surface area contributed by atoms with Gasteiger partial charge in [-0.25, -0.2) is 4.79 Å². The van der Waals surface area contributed by atoms with Gasteiger partial charge in [0, 0.05) is 6.07 Å². The van der Waals surface area contributed by atoms with Crippen molar-refractivity contribution in [1.29, 1.82) is 0 Å².